The van der Waals surface area contributed by atoms with Crippen LogP contribution >= 0.6 is 0 Å². The van der Waals surface area contributed by atoms with Crippen molar-refractivity contribution in [1.29, 1.82) is 0 Å². The summed E-state index contributed by atoms with van der Waals surface area (Å²) in [6.07, 6.45) is 1.41. The number of anilines is 2. The Kier molecular flexibility index (Phi) is 3.33. The Balaban J connectivity index is 2.12. The number of ether oxygens (including phenoxy) is 1. The van der Waals surface area contributed by atoms with Crippen molar-refractivity contribution in [3.8, 4) is 0 Å². The molecule has 0 radical (unpaired) electrons. The molecule has 2 rings (SSSR count). The van der Waals surface area contributed by atoms with Gasteiger partial charge in [0.05, 0.1) is 11.4 Å². The van der Waals surface area contributed by atoms with Crippen LogP contribution in [0, 0.1) is 13.8 Å². The largest absolute Gasteiger partial charge is 0.397 e. The highest BCUT2D eigenvalue weighted by Gasteiger charge is 2.24. The molecule has 1 unspecified atom stereocenters. The van der Waals surface area contributed by atoms with E-state index in [1.54, 1.807) is 0 Å². The van der Waals surface area contributed by atoms with Crippen LogP contribution in [0.2, 0.25) is 0 Å². The van der Waals surface area contributed by atoms with Gasteiger partial charge in [0.2, 0.25) is 0 Å². The van der Waals surface area contributed by atoms with Crippen LogP contribution in [0.25, 0.3) is 0 Å². The van der Waals surface area contributed by atoms with Crippen LogP contribution in [0.1, 0.15) is 24.0 Å². The Morgan fingerprint density at radius 3 is 2.76 bits per heavy atom. The van der Waals surface area contributed by atoms with Crippen molar-refractivity contribution in [2.24, 2.45) is 0 Å². The molecule has 1 aliphatic rings. The third-order valence-corrected chi connectivity index (χ3v) is 3.15. The lowest BCUT2D eigenvalue weighted by atomic mass is 10.1. The normalized spacial score (nSPS) is 19.3. The number of hydrogen-bond acceptors (Lipinski definition) is 3. The van der Waals surface area contributed by atoms with Gasteiger partial charge < -0.3 is 15.8 Å². The topological polar surface area (TPSA) is 64.3 Å². The SMILES string of the molecule is Cc1cc(N)c(NC(=O)C2CCCO2)cc1C. The first kappa shape index (κ1) is 11.9. The van der Waals surface area contributed by atoms with E-state index in [0.29, 0.717) is 18.0 Å². The Morgan fingerprint density at radius 2 is 2.12 bits per heavy atom. The third-order valence-electron chi connectivity index (χ3n) is 3.15. The molecule has 0 aliphatic carbocycles. The van der Waals surface area contributed by atoms with Crippen molar-refractivity contribution < 1.29 is 9.53 Å². The maximum Gasteiger partial charge on any atom is 0.253 e. The van der Waals surface area contributed by atoms with Gasteiger partial charge in [0, 0.05) is 6.61 Å². The van der Waals surface area contributed by atoms with Crippen LogP contribution in [0.4, 0.5) is 11.4 Å². The summed E-state index contributed by atoms with van der Waals surface area (Å²) in [4.78, 5) is 11.9. The second-order valence-electron chi connectivity index (χ2n) is 4.51. The number of hydrogen-bond donors (Lipinski definition) is 2. The Hall–Kier alpha value is -1.55. The molecule has 0 saturated carbocycles. The van der Waals surface area contributed by atoms with Crippen molar-refractivity contribution >= 4 is 17.3 Å². The third kappa shape index (κ3) is 2.58. The van der Waals surface area contributed by atoms with Crippen LogP contribution in [0.5, 0.6) is 0 Å². The molecular formula is C13H18N2O2. The maximum atomic E-state index is 11.9. The quantitative estimate of drug-likeness (QED) is 0.769. The smallest absolute Gasteiger partial charge is 0.253 e. The number of amides is 1. The van der Waals surface area contributed by atoms with E-state index < -0.39 is 0 Å². The first-order valence-electron chi connectivity index (χ1n) is 5.87. The molecule has 0 bridgehead atoms. The molecule has 92 valence electrons. The van der Waals surface area contributed by atoms with E-state index in [9.17, 15) is 4.79 Å². The summed E-state index contributed by atoms with van der Waals surface area (Å²) in [5, 5.41) is 2.83. The van der Waals surface area contributed by atoms with Gasteiger partial charge in [-0.15, -0.1) is 0 Å². The zero-order chi connectivity index (χ0) is 12.4. The van der Waals surface area contributed by atoms with Crippen LogP contribution in [0.15, 0.2) is 12.1 Å². The molecule has 0 spiro atoms. The number of rotatable bonds is 2. The van der Waals surface area contributed by atoms with Crippen molar-refractivity contribution in [3.05, 3.63) is 23.3 Å². The summed E-state index contributed by atoms with van der Waals surface area (Å²) in [6, 6.07) is 3.78. The lowest BCUT2D eigenvalue weighted by molar-refractivity contribution is -0.124. The number of benzene rings is 1. The lowest BCUT2D eigenvalue weighted by Gasteiger charge is -2.13. The van der Waals surface area contributed by atoms with E-state index in [1.807, 2.05) is 26.0 Å². The van der Waals surface area contributed by atoms with E-state index in [-0.39, 0.29) is 12.0 Å². The van der Waals surface area contributed by atoms with Crippen LogP contribution in [-0.2, 0) is 9.53 Å². The summed E-state index contributed by atoms with van der Waals surface area (Å²) >= 11 is 0. The molecule has 3 N–H and O–H groups in total. The monoisotopic (exact) mass is 234 g/mol. The second kappa shape index (κ2) is 4.75. The zero-order valence-corrected chi connectivity index (χ0v) is 10.2. The lowest BCUT2D eigenvalue weighted by Crippen LogP contribution is -2.27. The van der Waals surface area contributed by atoms with Crippen molar-refractivity contribution in [2.45, 2.75) is 32.8 Å². The molecule has 1 atom stereocenters. The van der Waals surface area contributed by atoms with E-state index in [1.165, 1.54) is 0 Å². The minimum atomic E-state index is -0.323. The Labute approximate surface area is 101 Å². The number of carbonyl (C=O) groups excluding carboxylic acids is 1. The summed E-state index contributed by atoms with van der Waals surface area (Å²) in [5.41, 5.74) is 9.39. The molecule has 17 heavy (non-hydrogen) atoms. The predicted octanol–water partition coefficient (Wildman–Crippen LogP) is 2.00. The van der Waals surface area contributed by atoms with Crippen molar-refractivity contribution in [3.63, 3.8) is 0 Å². The molecule has 4 nitrogen and oxygen atoms in total. The average molecular weight is 234 g/mol. The minimum absolute atomic E-state index is 0.0996. The van der Waals surface area contributed by atoms with Gasteiger partial charge in [-0.1, -0.05) is 0 Å². The van der Waals surface area contributed by atoms with Crippen LogP contribution in [0.3, 0.4) is 0 Å². The first-order valence-corrected chi connectivity index (χ1v) is 5.87. The molecule has 1 saturated heterocycles. The van der Waals surface area contributed by atoms with E-state index in [4.69, 9.17) is 10.5 Å². The molecule has 1 aliphatic heterocycles. The number of carbonyl (C=O) groups is 1. The van der Waals surface area contributed by atoms with Gasteiger partial charge in [0.15, 0.2) is 0 Å². The van der Waals surface area contributed by atoms with Gasteiger partial charge in [0.25, 0.3) is 5.91 Å². The van der Waals surface area contributed by atoms with Crippen LogP contribution < -0.4 is 11.1 Å². The summed E-state index contributed by atoms with van der Waals surface area (Å²) in [5.74, 6) is -0.0996. The van der Waals surface area contributed by atoms with Gasteiger partial charge in [-0.2, -0.15) is 0 Å². The standard InChI is InChI=1S/C13H18N2O2/c1-8-6-10(14)11(7-9(8)2)15-13(16)12-4-3-5-17-12/h6-7,12H,3-5,14H2,1-2H3,(H,15,16). The van der Waals surface area contributed by atoms with E-state index in [2.05, 4.69) is 5.32 Å². The molecule has 1 amide bonds. The Bertz CT molecular complexity index is 437. The highest BCUT2D eigenvalue weighted by Crippen LogP contribution is 2.24. The number of aryl methyl sites for hydroxylation is 2. The fraction of sp³-hybridized carbons (Fsp3) is 0.462. The molecule has 4 heteroatoms. The van der Waals surface area contributed by atoms with Gasteiger partial charge in [0.1, 0.15) is 6.10 Å². The molecule has 1 heterocycles. The predicted molar refractivity (Wildman–Crippen MR) is 67.9 cm³/mol. The van der Waals surface area contributed by atoms with Gasteiger partial charge in [-0.3, -0.25) is 4.79 Å². The summed E-state index contributed by atoms with van der Waals surface area (Å²) in [7, 11) is 0. The zero-order valence-electron chi connectivity index (χ0n) is 10.2. The van der Waals surface area contributed by atoms with Gasteiger partial charge in [-0.05, 0) is 49.9 Å². The van der Waals surface area contributed by atoms with Gasteiger partial charge in [-0.25, -0.2) is 0 Å². The second-order valence-corrected chi connectivity index (χ2v) is 4.51. The number of nitrogens with two attached hydrogens (primary N) is 1. The average Bonchev–Trinajstić information content (AvgIpc) is 2.79. The van der Waals surface area contributed by atoms with Crippen LogP contribution in [-0.4, -0.2) is 18.6 Å². The number of nitrogens with one attached hydrogen (secondary N) is 1. The van der Waals surface area contributed by atoms with E-state index in [0.717, 1.165) is 24.0 Å². The summed E-state index contributed by atoms with van der Waals surface area (Å²) in [6.45, 7) is 4.66. The molecule has 1 fully saturated rings. The molecular weight excluding hydrogens is 216 g/mol. The highest BCUT2D eigenvalue weighted by molar-refractivity contribution is 5.97. The van der Waals surface area contributed by atoms with Crippen molar-refractivity contribution in [1.82, 2.24) is 0 Å². The fourth-order valence-corrected chi connectivity index (χ4v) is 1.94. The highest BCUT2D eigenvalue weighted by atomic mass is 16.5. The molecule has 1 aromatic rings. The van der Waals surface area contributed by atoms with E-state index >= 15 is 0 Å². The maximum absolute atomic E-state index is 11.9. The number of nitrogen functional groups attached to an aromatic ring is 1. The molecule has 0 aromatic heterocycles. The Morgan fingerprint density at radius 1 is 1.41 bits per heavy atom. The fourth-order valence-electron chi connectivity index (χ4n) is 1.94. The summed E-state index contributed by atoms with van der Waals surface area (Å²) < 4.78 is 5.33. The van der Waals surface area contributed by atoms with Gasteiger partial charge >= 0.3 is 0 Å². The molecule has 1 aromatic carbocycles. The van der Waals surface area contributed by atoms with Crippen molar-refractivity contribution in [2.75, 3.05) is 17.7 Å². The first-order chi connectivity index (χ1) is 8.08. The minimum Gasteiger partial charge on any atom is -0.397 e.